The number of benzene rings is 2. The standard InChI is InChI=1S/C22H19ClN2/c1-15-4-10-22(11-5-15)25-16(2)12-19(17(25)3)13-20(14-24)18-6-8-21(23)9-7-18/h4-13H,1-3H3. The van der Waals surface area contributed by atoms with Gasteiger partial charge < -0.3 is 4.57 Å². The zero-order valence-electron chi connectivity index (χ0n) is 14.5. The van der Waals surface area contributed by atoms with Gasteiger partial charge in [-0.05, 0) is 68.3 Å². The minimum absolute atomic E-state index is 0.626. The molecule has 25 heavy (non-hydrogen) atoms. The number of rotatable bonds is 3. The minimum atomic E-state index is 0.626. The molecule has 3 aromatic rings. The topological polar surface area (TPSA) is 28.7 Å². The molecule has 0 bridgehead atoms. The highest BCUT2D eigenvalue weighted by Gasteiger charge is 2.11. The summed E-state index contributed by atoms with van der Waals surface area (Å²) in [4.78, 5) is 0. The Morgan fingerprint density at radius 3 is 2.24 bits per heavy atom. The zero-order chi connectivity index (χ0) is 18.0. The monoisotopic (exact) mass is 346 g/mol. The summed E-state index contributed by atoms with van der Waals surface area (Å²) in [5.41, 5.74) is 7.16. The first-order valence-corrected chi connectivity index (χ1v) is 8.51. The Kier molecular flexibility index (Phi) is 4.79. The lowest BCUT2D eigenvalue weighted by molar-refractivity contribution is 0.963. The van der Waals surface area contributed by atoms with Crippen molar-refractivity contribution in [2.75, 3.05) is 0 Å². The second kappa shape index (κ2) is 7.01. The van der Waals surface area contributed by atoms with Crippen LogP contribution in [0.1, 0.15) is 28.1 Å². The van der Waals surface area contributed by atoms with E-state index in [0.717, 1.165) is 28.2 Å². The van der Waals surface area contributed by atoms with Crippen LogP contribution in [0.5, 0.6) is 0 Å². The fourth-order valence-corrected chi connectivity index (χ4v) is 3.12. The number of aromatic nitrogens is 1. The van der Waals surface area contributed by atoms with Crippen molar-refractivity contribution in [3.05, 3.63) is 87.7 Å². The Labute approximate surface area is 153 Å². The lowest BCUT2D eigenvalue weighted by atomic mass is 10.0. The molecule has 0 spiro atoms. The van der Waals surface area contributed by atoms with E-state index in [0.29, 0.717) is 10.6 Å². The Hall–Kier alpha value is -2.76. The minimum Gasteiger partial charge on any atom is -0.318 e. The average Bonchev–Trinajstić information content (AvgIpc) is 2.88. The molecule has 0 unspecified atom stereocenters. The van der Waals surface area contributed by atoms with Crippen LogP contribution in [0.3, 0.4) is 0 Å². The molecule has 0 saturated carbocycles. The average molecular weight is 347 g/mol. The fourth-order valence-electron chi connectivity index (χ4n) is 2.99. The first kappa shape index (κ1) is 17.1. The van der Waals surface area contributed by atoms with E-state index in [-0.39, 0.29) is 0 Å². The molecule has 0 amide bonds. The zero-order valence-corrected chi connectivity index (χ0v) is 15.3. The van der Waals surface area contributed by atoms with Crippen LogP contribution in [0, 0.1) is 32.1 Å². The largest absolute Gasteiger partial charge is 0.318 e. The molecule has 1 aromatic heterocycles. The molecule has 124 valence electrons. The van der Waals surface area contributed by atoms with Gasteiger partial charge in [0.15, 0.2) is 0 Å². The molecule has 2 aromatic carbocycles. The van der Waals surface area contributed by atoms with Gasteiger partial charge >= 0.3 is 0 Å². The van der Waals surface area contributed by atoms with E-state index < -0.39 is 0 Å². The molecule has 0 atom stereocenters. The SMILES string of the molecule is Cc1ccc(-n2c(C)cc(C=C(C#N)c3ccc(Cl)cc3)c2C)cc1. The van der Waals surface area contributed by atoms with Gasteiger partial charge in [-0.15, -0.1) is 0 Å². The Morgan fingerprint density at radius 1 is 1.00 bits per heavy atom. The number of hydrogen-bond acceptors (Lipinski definition) is 1. The van der Waals surface area contributed by atoms with Gasteiger partial charge in [0, 0.05) is 22.1 Å². The van der Waals surface area contributed by atoms with Gasteiger partial charge in [0.25, 0.3) is 0 Å². The summed E-state index contributed by atoms with van der Waals surface area (Å²) in [6.45, 7) is 6.24. The molecular formula is C22H19ClN2. The molecule has 0 fully saturated rings. The number of hydrogen-bond donors (Lipinski definition) is 0. The van der Waals surface area contributed by atoms with Gasteiger partial charge in [-0.3, -0.25) is 0 Å². The summed E-state index contributed by atoms with van der Waals surface area (Å²) < 4.78 is 2.21. The molecular weight excluding hydrogens is 328 g/mol. The second-order valence-corrected chi connectivity index (χ2v) is 6.61. The van der Waals surface area contributed by atoms with Crippen molar-refractivity contribution < 1.29 is 0 Å². The Bertz CT molecular complexity index is 969. The number of nitrogens with zero attached hydrogens (tertiary/aromatic N) is 2. The van der Waals surface area contributed by atoms with Crippen LogP contribution in [0.25, 0.3) is 17.3 Å². The van der Waals surface area contributed by atoms with Crippen molar-refractivity contribution in [2.24, 2.45) is 0 Å². The lowest BCUT2D eigenvalue weighted by Gasteiger charge is -2.10. The molecule has 1 heterocycles. The lowest BCUT2D eigenvalue weighted by Crippen LogP contribution is -1.98. The van der Waals surface area contributed by atoms with Crippen molar-refractivity contribution in [3.8, 4) is 11.8 Å². The summed E-state index contributed by atoms with van der Waals surface area (Å²) >= 11 is 5.94. The molecule has 0 saturated heterocycles. The molecule has 0 aliphatic rings. The maximum absolute atomic E-state index is 9.57. The molecule has 0 aliphatic heterocycles. The normalized spacial score (nSPS) is 11.4. The van der Waals surface area contributed by atoms with E-state index >= 15 is 0 Å². The van der Waals surface area contributed by atoms with Crippen molar-refractivity contribution in [1.29, 1.82) is 5.26 Å². The molecule has 0 aliphatic carbocycles. The quantitative estimate of drug-likeness (QED) is 0.525. The smallest absolute Gasteiger partial charge is 0.0998 e. The van der Waals surface area contributed by atoms with Crippen molar-refractivity contribution in [2.45, 2.75) is 20.8 Å². The number of nitriles is 1. The summed E-state index contributed by atoms with van der Waals surface area (Å²) in [5, 5.41) is 10.2. The molecule has 2 nitrogen and oxygen atoms in total. The highest BCUT2D eigenvalue weighted by molar-refractivity contribution is 6.30. The van der Waals surface area contributed by atoms with E-state index in [9.17, 15) is 5.26 Å². The molecule has 3 heteroatoms. The second-order valence-electron chi connectivity index (χ2n) is 6.17. The van der Waals surface area contributed by atoms with Crippen LogP contribution >= 0.6 is 11.6 Å². The van der Waals surface area contributed by atoms with Crippen molar-refractivity contribution in [1.82, 2.24) is 4.57 Å². The molecule has 0 N–H and O–H groups in total. The van der Waals surface area contributed by atoms with Crippen molar-refractivity contribution >= 4 is 23.3 Å². The van der Waals surface area contributed by atoms with E-state index in [1.54, 1.807) is 12.1 Å². The fraction of sp³-hybridized carbons (Fsp3) is 0.136. The Balaban J connectivity index is 2.06. The Morgan fingerprint density at radius 2 is 1.64 bits per heavy atom. The third kappa shape index (κ3) is 3.52. The highest BCUT2D eigenvalue weighted by Crippen LogP contribution is 2.26. The maximum Gasteiger partial charge on any atom is 0.0998 e. The van der Waals surface area contributed by atoms with Gasteiger partial charge in [-0.2, -0.15) is 5.26 Å². The van der Waals surface area contributed by atoms with Crippen LogP contribution < -0.4 is 0 Å². The predicted molar refractivity (Wildman–Crippen MR) is 105 cm³/mol. The van der Waals surface area contributed by atoms with Gasteiger partial charge in [0.05, 0.1) is 11.6 Å². The summed E-state index contributed by atoms with van der Waals surface area (Å²) in [6, 6.07) is 20.2. The van der Waals surface area contributed by atoms with E-state index in [2.05, 4.69) is 61.7 Å². The van der Waals surface area contributed by atoms with Gasteiger partial charge in [-0.1, -0.05) is 41.4 Å². The maximum atomic E-state index is 9.57. The van der Waals surface area contributed by atoms with Crippen molar-refractivity contribution in [3.63, 3.8) is 0 Å². The number of allylic oxidation sites excluding steroid dienone is 1. The third-order valence-electron chi connectivity index (χ3n) is 4.34. The number of halogens is 1. The van der Waals surface area contributed by atoms with Gasteiger partial charge in [0.2, 0.25) is 0 Å². The summed E-state index contributed by atoms with van der Waals surface area (Å²) in [7, 11) is 0. The van der Waals surface area contributed by atoms with Gasteiger partial charge in [0.1, 0.15) is 0 Å². The van der Waals surface area contributed by atoms with E-state index in [1.165, 1.54) is 5.56 Å². The van der Waals surface area contributed by atoms with Gasteiger partial charge in [-0.25, -0.2) is 0 Å². The third-order valence-corrected chi connectivity index (χ3v) is 4.59. The van der Waals surface area contributed by atoms with E-state index in [4.69, 9.17) is 11.6 Å². The number of aryl methyl sites for hydroxylation is 2. The summed E-state index contributed by atoms with van der Waals surface area (Å²) in [5.74, 6) is 0. The molecule has 3 rings (SSSR count). The first-order valence-electron chi connectivity index (χ1n) is 8.13. The van der Waals surface area contributed by atoms with Crippen LogP contribution in [-0.2, 0) is 0 Å². The van der Waals surface area contributed by atoms with Crippen LogP contribution in [0.15, 0.2) is 54.6 Å². The summed E-state index contributed by atoms with van der Waals surface area (Å²) in [6.07, 6.45) is 1.94. The predicted octanol–water partition coefficient (Wildman–Crippen LogP) is 6.12. The van der Waals surface area contributed by atoms with Crippen LogP contribution in [0.2, 0.25) is 5.02 Å². The van der Waals surface area contributed by atoms with E-state index in [1.807, 2.05) is 18.2 Å². The first-order chi connectivity index (χ1) is 12.0. The van der Waals surface area contributed by atoms with Crippen LogP contribution in [0.4, 0.5) is 0 Å². The highest BCUT2D eigenvalue weighted by atomic mass is 35.5. The molecule has 0 radical (unpaired) electrons. The van der Waals surface area contributed by atoms with Crippen LogP contribution in [-0.4, -0.2) is 4.57 Å².